The molecule has 0 unspecified atom stereocenters. The molecule has 0 spiro atoms. The summed E-state index contributed by atoms with van der Waals surface area (Å²) >= 11 is 0.989. The Hall–Kier alpha value is -1.54. The van der Waals surface area contributed by atoms with E-state index in [-0.39, 0.29) is 17.8 Å². The highest BCUT2D eigenvalue weighted by Gasteiger charge is 2.39. The summed E-state index contributed by atoms with van der Waals surface area (Å²) < 4.78 is 0. The van der Waals surface area contributed by atoms with Crippen LogP contribution in [-0.2, 0) is 15.1 Å². The Kier molecular flexibility index (Phi) is 3.32. The fraction of sp³-hybridized carbons (Fsp3) is 0.429. The Labute approximate surface area is 88.6 Å². The molecule has 8 heteroatoms. The number of nitrogens with zero attached hydrogens (tertiary/aromatic N) is 2. The van der Waals surface area contributed by atoms with Gasteiger partial charge in [-0.15, -0.1) is 21.5 Å². The van der Waals surface area contributed by atoms with E-state index in [9.17, 15) is 9.59 Å². The van der Waals surface area contributed by atoms with Crippen LogP contribution >= 0.6 is 11.3 Å². The third-order valence-corrected chi connectivity index (χ3v) is 2.73. The van der Waals surface area contributed by atoms with E-state index in [1.165, 1.54) is 5.51 Å². The number of aliphatic carboxylic acids is 2. The molecule has 1 heterocycles. The van der Waals surface area contributed by atoms with Gasteiger partial charge in [-0.1, -0.05) is 0 Å². The van der Waals surface area contributed by atoms with Crippen molar-refractivity contribution in [3.8, 4) is 0 Å². The number of rotatable bonds is 5. The summed E-state index contributed by atoms with van der Waals surface area (Å²) in [4.78, 5) is 21.3. The first-order valence-electron chi connectivity index (χ1n) is 3.97. The van der Waals surface area contributed by atoms with Crippen molar-refractivity contribution < 1.29 is 19.8 Å². The fourth-order valence-electron chi connectivity index (χ4n) is 0.977. The minimum absolute atomic E-state index is 0.108. The van der Waals surface area contributed by atoms with Gasteiger partial charge in [0.05, 0.1) is 0 Å². The Morgan fingerprint density at radius 2 is 2.20 bits per heavy atom. The molecule has 1 aromatic heterocycles. The SMILES string of the molecule is N[C@@](CCC(=O)O)(C(=O)O)c1nncs1. The quantitative estimate of drug-likeness (QED) is 0.631. The zero-order chi connectivity index (χ0) is 11.5. The Morgan fingerprint density at radius 3 is 2.60 bits per heavy atom. The summed E-state index contributed by atoms with van der Waals surface area (Å²) in [5.74, 6) is -2.41. The van der Waals surface area contributed by atoms with Gasteiger partial charge in [0.2, 0.25) is 0 Å². The van der Waals surface area contributed by atoms with Crippen molar-refractivity contribution in [3.63, 3.8) is 0 Å². The number of hydrogen-bond donors (Lipinski definition) is 3. The highest BCUT2D eigenvalue weighted by molar-refractivity contribution is 7.09. The molecule has 7 nitrogen and oxygen atoms in total. The first kappa shape index (κ1) is 11.5. The molecular weight excluding hydrogens is 222 g/mol. The Balaban J connectivity index is 2.89. The second-order valence-corrected chi connectivity index (χ2v) is 3.75. The second kappa shape index (κ2) is 4.32. The predicted octanol–water partition coefficient (Wildman–Crippen LogP) is -0.359. The van der Waals surface area contributed by atoms with Crippen LogP contribution in [0, 0.1) is 0 Å². The van der Waals surface area contributed by atoms with Crippen molar-refractivity contribution in [1.29, 1.82) is 0 Å². The molecule has 0 aromatic carbocycles. The van der Waals surface area contributed by atoms with Crippen LogP contribution in [0.4, 0.5) is 0 Å². The van der Waals surface area contributed by atoms with E-state index >= 15 is 0 Å². The maximum absolute atomic E-state index is 11.0. The summed E-state index contributed by atoms with van der Waals surface area (Å²) in [6.45, 7) is 0. The molecule has 1 aromatic rings. The molecule has 1 atom stereocenters. The summed E-state index contributed by atoms with van der Waals surface area (Å²) in [7, 11) is 0. The van der Waals surface area contributed by atoms with Gasteiger partial charge < -0.3 is 15.9 Å². The third-order valence-electron chi connectivity index (χ3n) is 1.86. The van der Waals surface area contributed by atoms with Crippen molar-refractivity contribution in [3.05, 3.63) is 10.5 Å². The molecule has 1 rings (SSSR count). The fourth-order valence-corrected chi connectivity index (χ4v) is 1.66. The smallest absolute Gasteiger partial charge is 0.330 e. The van der Waals surface area contributed by atoms with Crippen LogP contribution < -0.4 is 5.73 Å². The number of carbonyl (C=O) groups is 2. The molecule has 0 aliphatic rings. The van der Waals surface area contributed by atoms with Gasteiger partial charge in [0.1, 0.15) is 10.5 Å². The minimum atomic E-state index is -1.76. The van der Waals surface area contributed by atoms with Crippen molar-refractivity contribution in [2.24, 2.45) is 5.73 Å². The number of aromatic nitrogens is 2. The maximum Gasteiger partial charge on any atom is 0.330 e. The van der Waals surface area contributed by atoms with Gasteiger partial charge >= 0.3 is 11.9 Å². The summed E-state index contributed by atoms with van der Waals surface area (Å²) in [5, 5.41) is 24.6. The van der Waals surface area contributed by atoms with Gasteiger partial charge in [-0.05, 0) is 6.42 Å². The standard InChI is InChI=1S/C7H9N3O4S/c8-7(6(13)14,2-1-4(11)12)5-10-9-3-15-5/h3H,1-2,8H2,(H,11,12)(H,13,14)/t7-/m1/s1. The highest BCUT2D eigenvalue weighted by Crippen LogP contribution is 2.25. The second-order valence-electron chi connectivity index (χ2n) is 2.91. The van der Waals surface area contributed by atoms with Crippen LogP contribution in [0.1, 0.15) is 17.8 Å². The molecule has 4 N–H and O–H groups in total. The zero-order valence-corrected chi connectivity index (χ0v) is 8.40. The van der Waals surface area contributed by atoms with Crippen LogP contribution in [0.2, 0.25) is 0 Å². The molecule has 0 saturated carbocycles. The molecule has 0 aliphatic carbocycles. The van der Waals surface area contributed by atoms with E-state index in [0.29, 0.717) is 0 Å². The van der Waals surface area contributed by atoms with Crippen LogP contribution in [0.5, 0.6) is 0 Å². The topological polar surface area (TPSA) is 126 Å². The highest BCUT2D eigenvalue weighted by atomic mass is 32.1. The largest absolute Gasteiger partial charge is 0.481 e. The number of nitrogens with two attached hydrogens (primary N) is 1. The Morgan fingerprint density at radius 1 is 1.53 bits per heavy atom. The monoisotopic (exact) mass is 231 g/mol. The first-order valence-corrected chi connectivity index (χ1v) is 4.85. The molecule has 0 saturated heterocycles. The lowest BCUT2D eigenvalue weighted by Crippen LogP contribution is -2.45. The van der Waals surface area contributed by atoms with E-state index in [2.05, 4.69) is 10.2 Å². The van der Waals surface area contributed by atoms with Gasteiger partial charge in [0, 0.05) is 6.42 Å². The lowest BCUT2D eigenvalue weighted by atomic mass is 9.96. The lowest BCUT2D eigenvalue weighted by molar-refractivity contribution is -0.145. The zero-order valence-electron chi connectivity index (χ0n) is 7.58. The number of carboxylic acid groups (broad SMARTS) is 2. The van der Waals surface area contributed by atoms with Crippen molar-refractivity contribution >= 4 is 23.3 Å². The third kappa shape index (κ3) is 2.48. The number of carboxylic acids is 2. The van der Waals surface area contributed by atoms with E-state index in [1.54, 1.807) is 0 Å². The molecule has 0 aliphatic heterocycles. The normalized spacial score (nSPS) is 14.5. The average molecular weight is 231 g/mol. The molecule has 0 amide bonds. The summed E-state index contributed by atoms with van der Waals surface area (Å²) in [6.07, 6.45) is -0.546. The van der Waals surface area contributed by atoms with Crippen LogP contribution in [-0.4, -0.2) is 32.3 Å². The first-order chi connectivity index (χ1) is 6.97. The summed E-state index contributed by atoms with van der Waals surface area (Å²) in [6, 6.07) is 0. The molecule has 0 radical (unpaired) electrons. The minimum Gasteiger partial charge on any atom is -0.481 e. The van der Waals surface area contributed by atoms with E-state index < -0.39 is 17.5 Å². The van der Waals surface area contributed by atoms with Crippen molar-refractivity contribution in [1.82, 2.24) is 10.2 Å². The van der Waals surface area contributed by atoms with E-state index in [0.717, 1.165) is 11.3 Å². The van der Waals surface area contributed by atoms with Gasteiger partial charge in [-0.2, -0.15) is 0 Å². The van der Waals surface area contributed by atoms with Gasteiger partial charge in [0.15, 0.2) is 5.54 Å². The van der Waals surface area contributed by atoms with E-state index in [4.69, 9.17) is 15.9 Å². The lowest BCUT2D eigenvalue weighted by Gasteiger charge is -2.20. The average Bonchev–Trinajstić information content (AvgIpc) is 2.66. The molecule has 82 valence electrons. The molecule has 0 bridgehead atoms. The van der Waals surface area contributed by atoms with Crippen LogP contribution in [0.3, 0.4) is 0 Å². The van der Waals surface area contributed by atoms with Gasteiger partial charge in [0.25, 0.3) is 0 Å². The molecule has 0 fully saturated rings. The van der Waals surface area contributed by atoms with Crippen molar-refractivity contribution in [2.45, 2.75) is 18.4 Å². The Bertz CT molecular complexity index is 366. The summed E-state index contributed by atoms with van der Waals surface area (Å²) in [5.41, 5.74) is 5.18. The van der Waals surface area contributed by atoms with Gasteiger partial charge in [-0.3, -0.25) is 4.79 Å². The number of hydrogen-bond acceptors (Lipinski definition) is 6. The van der Waals surface area contributed by atoms with Crippen molar-refractivity contribution in [2.75, 3.05) is 0 Å². The van der Waals surface area contributed by atoms with E-state index in [1.807, 2.05) is 0 Å². The van der Waals surface area contributed by atoms with Gasteiger partial charge in [-0.25, -0.2) is 4.79 Å². The van der Waals surface area contributed by atoms with Crippen LogP contribution in [0.25, 0.3) is 0 Å². The maximum atomic E-state index is 11.0. The predicted molar refractivity (Wildman–Crippen MR) is 50.3 cm³/mol. The molecular formula is C7H9N3O4S. The van der Waals surface area contributed by atoms with Crippen LogP contribution in [0.15, 0.2) is 5.51 Å². The molecule has 15 heavy (non-hydrogen) atoms.